The van der Waals surface area contributed by atoms with Gasteiger partial charge in [-0.15, -0.1) is 0 Å². The van der Waals surface area contributed by atoms with Crippen molar-refractivity contribution in [2.75, 3.05) is 18.1 Å². The van der Waals surface area contributed by atoms with Crippen LogP contribution in [0.4, 0.5) is 11.4 Å². The Hall–Kier alpha value is -1.96. The number of hydrogen-bond donors (Lipinski definition) is 2. The number of anilines is 2. The molecule has 0 fully saturated rings. The minimum Gasteiger partial charge on any atom is -0.399 e. The van der Waals surface area contributed by atoms with Crippen LogP contribution in [-0.2, 0) is 0 Å². The summed E-state index contributed by atoms with van der Waals surface area (Å²) in [5, 5.41) is 3.19. The third-order valence-corrected chi connectivity index (χ3v) is 2.75. The predicted octanol–water partition coefficient (Wildman–Crippen LogP) is 3.29. The molecule has 0 saturated carbocycles. The summed E-state index contributed by atoms with van der Waals surface area (Å²) in [6.07, 6.45) is 0. The third kappa shape index (κ3) is 1.87. The summed E-state index contributed by atoms with van der Waals surface area (Å²) in [5.41, 5.74) is 11.4. The fourth-order valence-corrected chi connectivity index (χ4v) is 1.88. The maximum absolute atomic E-state index is 5.84. The monoisotopic (exact) mass is 212 g/mol. The number of nitrogen functional groups attached to an aromatic ring is 1. The Balaban J connectivity index is 2.63. The molecule has 0 aliphatic heterocycles. The minimum atomic E-state index is 0.789. The van der Waals surface area contributed by atoms with Crippen LogP contribution in [0.3, 0.4) is 0 Å². The first-order valence-corrected chi connectivity index (χ1v) is 5.35. The van der Waals surface area contributed by atoms with E-state index < -0.39 is 0 Å². The van der Waals surface area contributed by atoms with E-state index in [1.165, 1.54) is 11.1 Å². The van der Waals surface area contributed by atoms with Gasteiger partial charge in [0, 0.05) is 24.0 Å². The molecule has 0 unspecified atom stereocenters. The molecule has 2 nitrogen and oxygen atoms in total. The Morgan fingerprint density at radius 2 is 1.75 bits per heavy atom. The van der Waals surface area contributed by atoms with Crippen LogP contribution in [0.5, 0.6) is 0 Å². The Bertz CT molecular complexity index is 504. The average molecular weight is 212 g/mol. The van der Waals surface area contributed by atoms with Crippen LogP contribution in [0, 0.1) is 6.92 Å². The normalized spacial score (nSPS) is 10.1. The van der Waals surface area contributed by atoms with Crippen LogP contribution < -0.4 is 11.1 Å². The van der Waals surface area contributed by atoms with Crippen molar-refractivity contribution < 1.29 is 0 Å². The number of rotatable bonds is 2. The molecule has 0 aliphatic carbocycles. The molecule has 0 aliphatic rings. The minimum absolute atomic E-state index is 0.789. The number of nitrogens with two attached hydrogens (primary N) is 1. The van der Waals surface area contributed by atoms with Gasteiger partial charge in [-0.05, 0) is 36.2 Å². The number of benzene rings is 2. The van der Waals surface area contributed by atoms with Gasteiger partial charge in [0.1, 0.15) is 0 Å². The van der Waals surface area contributed by atoms with Crippen LogP contribution >= 0.6 is 0 Å². The maximum Gasteiger partial charge on any atom is 0.0418 e. The highest BCUT2D eigenvalue weighted by Crippen LogP contribution is 2.31. The van der Waals surface area contributed by atoms with E-state index in [0.29, 0.717) is 0 Å². The first-order valence-electron chi connectivity index (χ1n) is 5.35. The lowest BCUT2D eigenvalue weighted by Gasteiger charge is -2.12. The van der Waals surface area contributed by atoms with E-state index in [4.69, 9.17) is 5.73 Å². The molecule has 0 aromatic heterocycles. The standard InChI is InChI=1S/C14H16N2/c1-10-5-3-4-6-12(10)13-9-11(15)7-8-14(13)16-2/h3-9,16H,15H2,1-2H3. The highest BCUT2D eigenvalue weighted by molar-refractivity contribution is 5.82. The zero-order valence-electron chi connectivity index (χ0n) is 9.62. The van der Waals surface area contributed by atoms with Gasteiger partial charge < -0.3 is 11.1 Å². The molecule has 0 amide bonds. The van der Waals surface area contributed by atoms with Gasteiger partial charge >= 0.3 is 0 Å². The highest BCUT2D eigenvalue weighted by Gasteiger charge is 2.06. The summed E-state index contributed by atoms with van der Waals surface area (Å²) in [4.78, 5) is 0. The van der Waals surface area contributed by atoms with Gasteiger partial charge in [-0.25, -0.2) is 0 Å². The zero-order chi connectivity index (χ0) is 11.5. The van der Waals surface area contributed by atoms with E-state index in [9.17, 15) is 0 Å². The average Bonchev–Trinajstić information content (AvgIpc) is 2.29. The summed E-state index contributed by atoms with van der Waals surface area (Å²) < 4.78 is 0. The van der Waals surface area contributed by atoms with Crippen molar-refractivity contribution in [1.82, 2.24) is 0 Å². The van der Waals surface area contributed by atoms with E-state index in [2.05, 4.69) is 24.4 Å². The van der Waals surface area contributed by atoms with Crippen molar-refractivity contribution in [3.05, 3.63) is 48.0 Å². The predicted molar refractivity (Wildman–Crippen MR) is 70.6 cm³/mol. The summed E-state index contributed by atoms with van der Waals surface area (Å²) in [6, 6.07) is 14.2. The second-order valence-corrected chi connectivity index (χ2v) is 3.87. The summed E-state index contributed by atoms with van der Waals surface area (Å²) >= 11 is 0. The first-order chi connectivity index (χ1) is 7.72. The topological polar surface area (TPSA) is 38.0 Å². The second kappa shape index (κ2) is 4.27. The van der Waals surface area contributed by atoms with E-state index in [-0.39, 0.29) is 0 Å². The van der Waals surface area contributed by atoms with Crippen molar-refractivity contribution in [2.24, 2.45) is 0 Å². The van der Waals surface area contributed by atoms with Crippen molar-refractivity contribution in [3.8, 4) is 11.1 Å². The number of aryl methyl sites for hydroxylation is 1. The summed E-state index contributed by atoms with van der Waals surface area (Å²) in [6.45, 7) is 2.11. The van der Waals surface area contributed by atoms with Crippen molar-refractivity contribution in [2.45, 2.75) is 6.92 Å². The van der Waals surface area contributed by atoms with Crippen LogP contribution in [0.2, 0.25) is 0 Å². The molecule has 0 heterocycles. The van der Waals surface area contributed by atoms with Gasteiger partial charge in [0.15, 0.2) is 0 Å². The first kappa shape index (κ1) is 10.6. The van der Waals surface area contributed by atoms with Crippen LogP contribution in [0.1, 0.15) is 5.56 Å². The van der Waals surface area contributed by atoms with E-state index in [0.717, 1.165) is 16.9 Å². The molecule has 2 aromatic rings. The maximum atomic E-state index is 5.84. The highest BCUT2D eigenvalue weighted by atomic mass is 14.8. The second-order valence-electron chi connectivity index (χ2n) is 3.87. The molecule has 0 spiro atoms. The van der Waals surface area contributed by atoms with E-state index >= 15 is 0 Å². The Labute approximate surface area is 96.1 Å². The molecule has 0 bridgehead atoms. The molecule has 16 heavy (non-hydrogen) atoms. The largest absolute Gasteiger partial charge is 0.399 e. The van der Waals surface area contributed by atoms with Gasteiger partial charge in [-0.1, -0.05) is 24.3 Å². The van der Waals surface area contributed by atoms with Gasteiger partial charge in [-0.2, -0.15) is 0 Å². The van der Waals surface area contributed by atoms with Gasteiger partial charge in [0.05, 0.1) is 0 Å². The van der Waals surface area contributed by atoms with Crippen molar-refractivity contribution in [3.63, 3.8) is 0 Å². The van der Waals surface area contributed by atoms with Crippen molar-refractivity contribution in [1.29, 1.82) is 0 Å². The SMILES string of the molecule is CNc1ccc(N)cc1-c1ccccc1C. The van der Waals surface area contributed by atoms with E-state index in [1.54, 1.807) is 0 Å². The molecule has 82 valence electrons. The fraction of sp³-hybridized carbons (Fsp3) is 0.143. The van der Waals surface area contributed by atoms with Gasteiger partial charge in [0.25, 0.3) is 0 Å². The van der Waals surface area contributed by atoms with Crippen molar-refractivity contribution >= 4 is 11.4 Å². The number of hydrogen-bond acceptors (Lipinski definition) is 2. The third-order valence-electron chi connectivity index (χ3n) is 2.75. The molecule has 2 aromatic carbocycles. The van der Waals surface area contributed by atoms with Gasteiger partial charge in [0.2, 0.25) is 0 Å². The summed E-state index contributed by atoms with van der Waals surface area (Å²) in [5.74, 6) is 0. The molecule has 2 rings (SSSR count). The number of nitrogens with one attached hydrogen (secondary N) is 1. The molecule has 3 N–H and O–H groups in total. The quantitative estimate of drug-likeness (QED) is 0.750. The fourth-order valence-electron chi connectivity index (χ4n) is 1.88. The Morgan fingerprint density at radius 3 is 2.44 bits per heavy atom. The lowest BCUT2D eigenvalue weighted by Crippen LogP contribution is -1.95. The Kier molecular flexibility index (Phi) is 2.82. The van der Waals surface area contributed by atoms with Crippen LogP contribution in [-0.4, -0.2) is 7.05 Å². The summed E-state index contributed by atoms with van der Waals surface area (Å²) in [7, 11) is 1.92. The van der Waals surface area contributed by atoms with Crippen LogP contribution in [0.25, 0.3) is 11.1 Å². The molecular weight excluding hydrogens is 196 g/mol. The molecule has 2 heteroatoms. The zero-order valence-corrected chi connectivity index (χ0v) is 9.62. The molecule has 0 saturated heterocycles. The van der Waals surface area contributed by atoms with Gasteiger partial charge in [-0.3, -0.25) is 0 Å². The molecular formula is C14H16N2. The lowest BCUT2D eigenvalue weighted by molar-refractivity contribution is 1.44. The smallest absolute Gasteiger partial charge is 0.0418 e. The Morgan fingerprint density at radius 1 is 1.00 bits per heavy atom. The van der Waals surface area contributed by atoms with Crippen LogP contribution in [0.15, 0.2) is 42.5 Å². The molecule has 0 atom stereocenters. The molecule has 0 radical (unpaired) electrons. The lowest BCUT2D eigenvalue weighted by atomic mass is 9.98. The van der Waals surface area contributed by atoms with E-state index in [1.807, 2.05) is 37.4 Å².